The maximum absolute atomic E-state index is 13.5. The van der Waals surface area contributed by atoms with Gasteiger partial charge in [-0.1, -0.05) is 55.8 Å². The number of hydrogen-bond acceptors (Lipinski definition) is 15. The Hall–Kier alpha value is -6.38. The number of fused-ring (bicyclic) bond motifs is 1. The van der Waals surface area contributed by atoms with Crippen molar-refractivity contribution in [2.45, 2.75) is 26.7 Å². The van der Waals surface area contributed by atoms with Gasteiger partial charge in [-0.15, -0.1) is 0 Å². The topological polar surface area (TPSA) is 189 Å². The van der Waals surface area contributed by atoms with Crippen molar-refractivity contribution in [3.63, 3.8) is 0 Å². The highest BCUT2D eigenvalue weighted by molar-refractivity contribution is 6.07. The van der Waals surface area contributed by atoms with E-state index in [9.17, 15) is 4.79 Å². The highest BCUT2D eigenvalue weighted by Gasteiger charge is 2.17. The third-order valence-electron chi connectivity index (χ3n) is 9.98. The van der Waals surface area contributed by atoms with E-state index in [4.69, 9.17) is 52.5 Å². The summed E-state index contributed by atoms with van der Waals surface area (Å²) < 4.78 is 57.6. The van der Waals surface area contributed by atoms with Crippen LogP contribution in [0.2, 0.25) is 0 Å². The van der Waals surface area contributed by atoms with E-state index in [-0.39, 0.29) is 5.92 Å². The number of nitrogens with zero attached hydrogens (tertiary/aromatic N) is 4. The van der Waals surface area contributed by atoms with Gasteiger partial charge in [0.25, 0.3) is 0 Å². The van der Waals surface area contributed by atoms with Crippen molar-refractivity contribution >= 4 is 39.9 Å². The number of rotatable bonds is 31. The van der Waals surface area contributed by atoms with Crippen molar-refractivity contribution in [1.29, 1.82) is 0 Å². The van der Waals surface area contributed by atoms with Gasteiger partial charge in [0.2, 0.25) is 11.8 Å². The number of carbonyl (C=O) groups is 1. The number of nitrogens with one attached hydrogen (secondary N) is 3. The molecule has 0 radical (unpaired) electrons. The number of carbonyl (C=O) groups excluding carboxylic acids is 1. The summed E-state index contributed by atoms with van der Waals surface area (Å²) in [4.78, 5) is 22.5. The molecular weight excluding hydrogens is 875 g/mol. The normalized spacial score (nSPS) is 11.3. The average Bonchev–Trinajstić information content (AvgIpc) is 3.77. The summed E-state index contributed by atoms with van der Waals surface area (Å²) in [6.07, 6.45) is 1.60. The van der Waals surface area contributed by atoms with Crippen molar-refractivity contribution in [1.82, 2.24) is 19.7 Å². The monoisotopic (exact) mass is 937 g/mol. The number of amides is 2. The minimum atomic E-state index is -0.411. The van der Waals surface area contributed by atoms with Gasteiger partial charge in [-0.25, -0.2) is 14.5 Å². The summed E-state index contributed by atoms with van der Waals surface area (Å²) in [5.74, 6) is 3.03. The van der Waals surface area contributed by atoms with Gasteiger partial charge in [-0.05, 0) is 37.1 Å². The Morgan fingerprint density at radius 3 is 1.87 bits per heavy atom. The minimum absolute atomic E-state index is 0.171. The molecule has 6 rings (SSSR count). The second-order valence-electron chi connectivity index (χ2n) is 15.5. The van der Waals surface area contributed by atoms with Crippen LogP contribution in [0.4, 0.5) is 27.9 Å². The zero-order valence-electron chi connectivity index (χ0n) is 39.5. The van der Waals surface area contributed by atoms with E-state index in [1.165, 1.54) is 0 Å². The highest BCUT2D eigenvalue weighted by Crippen LogP contribution is 2.35. The Labute approximate surface area is 397 Å². The van der Waals surface area contributed by atoms with Gasteiger partial charge in [0, 0.05) is 60.1 Å². The van der Waals surface area contributed by atoms with Crippen molar-refractivity contribution < 1.29 is 52.2 Å². The van der Waals surface area contributed by atoms with Crippen LogP contribution in [0.3, 0.4) is 0 Å². The van der Waals surface area contributed by atoms with E-state index in [2.05, 4.69) is 39.8 Å². The first-order valence-corrected chi connectivity index (χ1v) is 22.6. The SMILES string of the molecule is COCCOCCOCCOCCOCCOCCOCCOc1cc(Nc2nccc(Oc3ccc(NC(=O)Nc4cc(C(C)C)nn4-c4ccc(C)cc4)c4ccccc34)n2)cc(OC)c1. The predicted octanol–water partition coefficient (Wildman–Crippen LogP) is 8.56. The van der Waals surface area contributed by atoms with Crippen LogP contribution in [0.15, 0.2) is 97.2 Å². The third kappa shape index (κ3) is 16.7. The molecule has 2 aromatic heterocycles. The van der Waals surface area contributed by atoms with Crippen molar-refractivity contribution in [2.75, 3.05) is 123 Å². The molecule has 0 atom stereocenters. The lowest BCUT2D eigenvalue weighted by molar-refractivity contribution is -0.0199. The zero-order chi connectivity index (χ0) is 47.8. The maximum Gasteiger partial charge on any atom is 0.324 e. The molecule has 364 valence electrons. The molecule has 0 aliphatic heterocycles. The summed E-state index contributed by atoms with van der Waals surface area (Å²) in [5.41, 5.74) is 4.09. The lowest BCUT2D eigenvalue weighted by Crippen LogP contribution is -2.21. The van der Waals surface area contributed by atoms with Crippen LogP contribution >= 0.6 is 0 Å². The Morgan fingerprint density at radius 2 is 1.25 bits per heavy atom. The highest BCUT2D eigenvalue weighted by atomic mass is 16.6. The average molecular weight is 938 g/mol. The molecule has 2 heterocycles. The first-order valence-electron chi connectivity index (χ1n) is 22.6. The number of aromatic nitrogens is 4. The molecule has 3 N–H and O–H groups in total. The number of hydrogen-bond donors (Lipinski definition) is 3. The lowest BCUT2D eigenvalue weighted by Gasteiger charge is -2.14. The van der Waals surface area contributed by atoms with E-state index >= 15 is 0 Å². The van der Waals surface area contributed by atoms with Crippen molar-refractivity contribution in [3.05, 3.63) is 108 Å². The zero-order valence-corrected chi connectivity index (χ0v) is 39.5. The van der Waals surface area contributed by atoms with Gasteiger partial charge in [-0.3, -0.25) is 5.32 Å². The van der Waals surface area contributed by atoms with Crippen LogP contribution in [0.25, 0.3) is 16.5 Å². The molecular formula is C50H63N7O11. The van der Waals surface area contributed by atoms with Crippen molar-refractivity contribution in [2.24, 2.45) is 0 Å². The third-order valence-corrected chi connectivity index (χ3v) is 9.98. The summed E-state index contributed by atoms with van der Waals surface area (Å²) in [7, 11) is 3.22. The summed E-state index contributed by atoms with van der Waals surface area (Å²) >= 11 is 0. The van der Waals surface area contributed by atoms with Crippen LogP contribution in [-0.2, 0) is 33.2 Å². The van der Waals surface area contributed by atoms with Gasteiger partial charge in [0.15, 0.2) is 0 Å². The summed E-state index contributed by atoms with van der Waals surface area (Å²) in [6.45, 7) is 12.8. The van der Waals surface area contributed by atoms with E-state index in [0.717, 1.165) is 27.7 Å². The molecule has 68 heavy (non-hydrogen) atoms. The number of methoxy groups -OCH3 is 2. The Morgan fingerprint density at radius 1 is 0.647 bits per heavy atom. The molecule has 0 saturated heterocycles. The van der Waals surface area contributed by atoms with E-state index in [1.807, 2.05) is 73.7 Å². The molecule has 0 fully saturated rings. The van der Waals surface area contributed by atoms with E-state index in [0.29, 0.717) is 139 Å². The molecule has 2 amide bonds. The quantitative estimate of drug-likeness (QED) is 0.0351. The second-order valence-corrected chi connectivity index (χ2v) is 15.5. The molecule has 18 nitrogen and oxygen atoms in total. The van der Waals surface area contributed by atoms with Crippen molar-refractivity contribution in [3.8, 4) is 28.8 Å². The Balaban J connectivity index is 0.924. The van der Waals surface area contributed by atoms with Crippen LogP contribution in [0, 0.1) is 6.92 Å². The molecule has 0 aliphatic carbocycles. The number of urea groups is 1. The molecule has 0 unspecified atom stereocenters. The van der Waals surface area contributed by atoms with Gasteiger partial charge in [0.1, 0.15) is 29.7 Å². The first kappa shape index (κ1) is 51.0. The first-order chi connectivity index (χ1) is 33.3. The second kappa shape index (κ2) is 28.1. The van der Waals surface area contributed by atoms with Crippen LogP contribution in [0.5, 0.6) is 23.1 Å². The van der Waals surface area contributed by atoms with Gasteiger partial charge in [-0.2, -0.15) is 10.1 Å². The fraction of sp³-hybridized carbons (Fsp3) is 0.400. The molecule has 18 heteroatoms. The fourth-order valence-electron chi connectivity index (χ4n) is 6.50. The maximum atomic E-state index is 13.5. The van der Waals surface area contributed by atoms with Crippen LogP contribution in [-0.4, -0.2) is 132 Å². The fourth-order valence-corrected chi connectivity index (χ4v) is 6.50. The number of anilines is 4. The van der Waals surface area contributed by atoms with Crippen LogP contribution < -0.4 is 30.2 Å². The molecule has 4 aromatic carbocycles. The number of aryl methyl sites for hydroxylation is 1. The van der Waals surface area contributed by atoms with Crippen LogP contribution in [0.1, 0.15) is 31.0 Å². The molecule has 0 aliphatic rings. The lowest BCUT2D eigenvalue weighted by atomic mass is 10.1. The predicted molar refractivity (Wildman–Crippen MR) is 260 cm³/mol. The smallest absolute Gasteiger partial charge is 0.324 e. The van der Waals surface area contributed by atoms with E-state index in [1.54, 1.807) is 49.4 Å². The summed E-state index contributed by atoms with van der Waals surface area (Å²) in [6, 6.07) is 27.8. The van der Waals surface area contributed by atoms with Gasteiger partial charge in [0.05, 0.1) is 110 Å². The molecule has 0 bridgehead atoms. The number of ether oxygens (including phenoxy) is 10. The minimum Gasteiger partial charge on any atom is -0.497 e. The molecule has 0 spiro atoms. The largest absolute Gasteiger partial charge is 0.497 e. The summed E-state index contributed by atoms with van der Waals surface area (Å²) in [5, 5.41) is 15.6. The standard InChI is InChI=1S/C50H63N7O11/c1-36(2)45-35-47(57(56-45)39-12-10-37(3)11-13-39)54-50(58)53-44-14-15-46(43-9-7-6-8-42(43)44)68-48-16-17-51-49(55-48)52-38-32-40(60-5)34-41(33-38)67-31-30-66-29-28-65-27-26-64-25-24-63-23-22-62-21-20-61-19-18-59-4/h6-17,32-36H,18-31H2,1-5H3,(H,51,52,55)(H2,53,54,58). The van der Waals surface area contributed by atoms with Gasteiger partial charge < -0.3 is 58.0 Å². The van der Waals surface area contributed by atoms with Gasteiger partial charge >= 0.3 is 6.03 Å². The Bertz CT molecular complexity index is 2430. The molecule has 0 saturated carbocycles. The molecule has 6 aromatic rings. The number of benzene rings is 4. The Kier molecular flexibility index (Phi) is 21.1. The van der Waals surface area contributed by atoms with E-state index < -0.39 is 6.03 Å².